The van der Waals surface area contributed by atoms with Crippen LogP contribution in [0.15, 0.2) is 18.2 Å². The first-order valence-electron chi connectivity index (χ1n) is 6.93. The summed E-state index contributed by atoms with van der Waals surface area (Å²) in [7, 11) is 0. The Kier molecular flexibility index (Phi) is 6.14. The Morgan fingerprint density at radius 2 is 2.04 bits per heavy atom. The van der Waals surface area contributed by atoms with E-state index in [4.69, 9.17) is 9.84 Å². The van der Waals surface area contributed by atoms with Crippen molar-refractivity contribution in [1.29, 1.82) is 0 Å². The SMILES string of the molecule is Cc1nc(-c2c(F)cccc2F)sc1C(=O)NCCOCCO. The van der Waals surface area contributed by atoms with E-state index in [0.29, 0.717) is 10.6 Å². The van der Waals surface area contributed by atoms with Gasteiger partial charge in [-0.05, 0) is 19.1 Å². The zero-order chi connectivity index (χ0) is 16.8. The number of aliphatic hydroxyl groups is 1. The first-order valence-corrected chi connectivity index (χ1v) is 7.75. The fourth-order valence-electron chi connectivity index (χ4n) is 1.90. The fourth-order valence-corrected chi connectivity index (χ4v) is 2.93. The molecular formula is C15H16F2N2O3S. The number of ether oxygens (including phenoxy) is 1. The third-order valence-electron chi connectivity index (χ3n) is 2.95. The number of aryl methyl sites for hydroxylation is 1. The molecule has 2 rings (SSSR count). The minimum atomic E-state index is -0.719. The first-order chi connectivity index (χ1) is 11.0. The van der Waals surface area contributed by atoms with Crippen molar-refractivity contribution in [3.8, 4) is 10.6 Å². The number of carbonyl (C=O) groups is 1. The summed E-state index contributed by atoms with van der Waals surface area (Å²) >= 11 is 0.933. The van der Waals surface area contributed by atoms with Crippen molar-refractivity contribution in [2.45, 2.75) is 6.92 Å². The molecule has 124 valence electrons. The highest BCUT2D eigenvalue weighted by atomic mass is 32.1. The van der Waals surface area contributed by atoms with E-state index >= 15 is 0 Å². The van der Waals surface area contributed by atoms with E-state index in [2.05, 4.69) is 10.3 Å². The van der Waals surface area contributed by atoms with Gasteiger partial charge < -0.3 is 15.2 Å². The summed E-state index contributed by atoms with van der Waals surface area (Å²) in [5.74, 6) is -1.82. The maximum atomic E-state index is 13.8. The highest BCUT2D eigenvalue weighted by Gasteiger charge is 2.20. The lowest BCUT2D eigenvalue weighted by molar-refractivity contribution is 0.0840. The molecule has 0 aliphatic rings. The van der Waals surface area contributed by atoms with Crippen LogP contribution in [-0.2, 0) is 4.74 Å². The molecule has 0 fully saturated rings. The van der Waals surface area contributed by atoms with Gasteiger partial charge in [0.15, 0.2) is 0 Å². The average Bonchev–Trinajstić information content (AvgIpc) is 2.88. The van der Waals surface area contributed by atoms with Crippen molar-refractivity contribution in [2.24, 2.45) is 0 Å². The molecule has 0 saturated carbocycles. The third-order valence-corrected chi connectivity index (χ3v) is 4.12. The van der Waals surface area contributed by atoms with E-state index in [9.17, 15) is 13.6 Å². The molecule has 0 aliphatic heterocycles. The van der Waals surface area contributed by atoms with Crippen molar-refractivity contribution in [2.75, 3.05) is 26.4 Å². The van der Waals surface area contributed by atoms with Gasteiger partial charge in [-0.25, -0.2) is 13.8 Å². The molecule has 0 bridgehead atoms. The van der Waals surface area contributed by atoms with Crippen molar-refractivity contribution in [1.82, 2.24) is 10.3 Å². The molecule has 1 heterocycles. The van der Waals surface area contributed by atoms with Crippen LogP contribution in [0.25, 0.3) is 10.6 Å². The Bertz CT molecular complexity index is 671. The lowest BCUT2D eigenvalue weighted by Gasteiger charge is -2.04. The summed E-state index contributed by atoms with van der Waals surface area (Å²) in [5, 5.41) is 11.3. The molecule has 1 aromatic carbocycles. The van der Waals surface area contributed by atoms with Gasteiger partial charge in [-0.15, -0.1) is 11.3 Å². The summed E-state index contributed by atoms with van der Waals surface area (Å²) in [4.78, 5) is 16.5. The Balaban J connectivity index is 2.10. The van der Waals surface area contributed by atoms with E-state index in [1.165, 1.54) is 6.07 Å². The predicted octanol–water partition coefficient (Wildman–Crippen LogP) is 2.14. The summed E-state index contributed by atoms with van der Waals surface area (Å²) in [6.45, 7) is 2.25. The number of hydrogen-bond donors (Lipinski definition) is 2. The number of hydrogen-bond acceptors (Lipinski definition) is 5. The lowest BCUT2D eigenvalue weighted by atomic mass is 10.2. The fraction of sp³-hybridized carbons (Fsp3) is 0.333. The molecule has 0 radical (unpaired) electrons. The molecule has 23 heavy (non-hydrogen) atoms. The van der Waals surface area contributed by atoms with Crippen LogP contribution in [-0.4, -0.2) is 42.4 Å². The number of amides is 1. The summed E-state index contributed by atoms with van der Waals surface area (Å²) in [6, 6.07) is 3.56. The van der Waals surface area contributed by atoms with Crippen molar-refractivity contribution in [3.05, 3.63) is 40.4 Å². The normalized spacial score (nSPS) is 10.8. The second kappa shape index (κ2) is 8.09. The van der Waals surface area contributed by atoms with Gasteiger partial charge in [-0.3, -0.25) is 4.79 Å². The standard InChI is InChI=1S/C15H16F2N2O3S/c1-9-13(14(21)18-5-7-22-8-6-20)23-15(19-9)12-10(16)3-2-4-11(12)17/h2-4,20H,5-8H2,1H3,(H,18,21). The molecule has 0 saturated heterocycles. The van der Waals surface area contributed by atoms with Crippen LogP contribution in [0.5, 0.6) is 0 Å². The lowest BCUT2D eigenvalue weighted by Crippen LogP contribution is -2.27. The maximum Gasteiger partial charge on any atom is 0.263 e. The number of aromatic nitrogens is 1. The quantitative estimate of drug-likeness (QED) is 0.756. The van der Waals surface area contributed by atoms with E-state index in [0.717, 1.165) is 23.5 Å². The Morgan fingerprint density at radius 1 is 1.35 bits per heavy atom. The van der Waals surface area contributed by atoms with E-state index in [1.807, 2.05) is 0 Å². The molecule has 1 amide bonds. The molecule has 8 heteroatoms. The highest BCUT2D eigenvalue weighted by Crippen LogP contribution is 2.31. The Labute approximate surface area is 135 Å². The van der Waals surface area contributed by atoms with Gasteiger partial charge >= 0.3 is 0 Å². The maximum absolute atomic E-state index is 13.8. The molecule has 0 spiro atoms. The number of halogens is 2. The third kappa shape index (κ3) is 4.31. The zero-order valence-corrected chi connectivity index (χ0v) is 13.3. The van der Waals surface area contributed by atoms with Crippen LogP contribution in [0.1, 0.15) is 15.4 Å². The van der Waals surface area contributed by atoms with Crippen LogP contribution >= 0.6 is 11.3 Å². The largest absolute Gasteiger partial charge is 0.394 e. The van der Waals surface area contributed by atoms with Gasteiger partial charge in [0.05, 0.1) is 31.1 Å². The average molecular weight is 342 g/mol. The molecule has 0 aliphatic carbocycles. The minimum absolute atomic E-state index is 0.0839. The molecular weight excluding hydrogens is 326 g/mol. The molecule has 0 atom stereocenters. The summed E-state index contributed by atoms with van der Waals surface area (Å²) in [5.41, 5.74) is 0.173. The van der Waals surface area contributed by atoms with E-state index < -0.39 is 11.6 Å². The van der Waals surface area contributed by atoms with Crippen molar-refractivity contribution in [3.63, 3.8) is 0 Å². The number of nitrogens with zero attached hydrogens (tertiary/aromatic N) is 1. The van der Waals surface area contributed by atoms with Crippen LogP contribution in [0, 0.1) is 18.6 Å². The highest BCUT2D eigenvalue weighted by molar-refractivity contribution is 7.17. The van der Waals surface area contributed by atoms with Crippen LogP contribution in [0.2, 0.25) is 0 Å². The molecule has 5 nitrogen and oxygen atoms in total. The van der Waals surface area contributed by atoms with Crippen LogP contribution in [0.3, 0.4) is 0 Å². The number of nitrogens with one attached hydrogen (secondary N) is 1. The number of thiazole rings is 1. The summed E-state index contributed by atoms with van der Waals surface area (Å²) < 4.78 is 32.6. The van der Waals surface area contributed by atoms with Crippen LogP contribution < -0.4 is 5.32 Å². The second-order valence-electron chi connectivity index (χ2n) is 4.62. The van der Waals surface area contributed by atoms with Gasteiger partial charge in [-0.2, -0.15) is 0 Å². The Hall–Kier alpha value is -1.90. The number of carbonyl (C=O) groups excluding carboxylic acids is 1. The number of benzene rings is 1. The van der Waals surface area contributed by atoms with Crippen molar-refractivity contribution < 1.29 is 23.4 Å². The van der Waals surface area contributed by atoms with Crippen molar-refractivity contribution >= 4 is 17.2 Å². The monoisotopic (exact) mass is 342 g/mol. The number of rotatable bonds is 7. The molecule has 1 aromatic heterocycles. The first kappa shape index (κ1) is 17.5. The second-order valence-corrected chi connectivity index (χ2v) is 5.62. The van der Waals surface area contributed by atoms with Gasteiger partial charge in [0.2, 0.25) is 0 Å². The molecule has 0 unspecified atom stereocenters. The topological polar surface area (TPSA) is 71.5 Å². The minimum Gasteiger partial charge on any atom is -0.394 e. The van der Waals surface area contributed by atoms with Gasteiger partial charge in [0.25, 0.3) is 5.91 Å². The molecule has 2 N–H and O–H groups in total. The van der Waals surface area contributed by atoms with E-state index in [-0.39, 0.29) is 42.8 Å². The van der Waals surface area contributed by atoms with E-state index in [1.54, 1.807) is 6.92 Å². The Morgan fingerprint density at radius 3 is 2.70 bits per heavy atom. The molecule has 2 aromatic rings. The zero-order valence-electron chi connectivity index (χ0n) is 12.4. The smallest absolute Gasteiger partial charge is 0.263 e. The predicted molar refractivity (Wildman–Crippen MR) is 82.4 cm³/mol. The van der Waals surface area contributed by atoms with Gasteiger partial charge in [0, 0.05) is 6.54 Å². The van der Waals surface area contributed by atoms with Crippen LogP contribution in [0.4, 0.5) is 8.78 Å². The van der Waals surface area contributed by atoms with Gasteiger partial charge in [0.1, 0.15) is 21.5 Å². The number of aliphatic hydroxyl groups excluding tert-OH is 1. The summed E-state index contributed by atoms with van der Waals surface area (Å²) in [6.07, 6.45) is 0. The van der Waals surface area contributed by atoms with Gasteiger partial charge in [-0.1, -0.05) is 6.07 Å².